The van der Waals surface area contributed by atoms with Crippen LogP contribution in [0.15, 0.2) is 16.5 Å². The van der Waals surface area contributed by atoms with Gasteiger partial charge in [-0.3, -0.25) is 0 Å². The molecular formula is C7H5ClN2O. The molecule has 0 spiro atoms. The lowest BCUT2D eigenvalue weighted by atomic mass is 10.5. The van der Waals surface area contributed by atoms with Crippen LogP contribution in [0.3, 0.4) is 0 Å². The molecular weight excluding hydrogens is 164 g/mol. The molecule has 56 valence electrons. The summed E-state index contributed by atoms with van der Waals surface area (Å²) in [5.74, 6) is 0.606. The van der Waals surface area contributed by atoms with Crippen molar-refractivity contribution in [2.24, 2.45) is 0 Å². The van der Waals surface area contributed by atoms with Gasteiger partial charge in [0.1, 0.15) is 5.15 Å². The molecule has 3 nitrogen and oxygen atoms in total. The molecule has 2 rings (SSSR count). The van der Waals surface area contributed by atoms with Gasteiger partial charge < -0.3 is 4.42 Å². The second-order valence-corrected chi connectivity index (χ2v) is 2.58. The molecule has 0 amide bonds. The lowest BCUT2D eigenvalue weighted by Crippen LogP contribution is -1.75. The van der Waals surface area contributed by atoms with Crippen LogP contribution >= 0.6 is 11.6 Å². The van der Waals surface area contributed by atoms with Gasteiger partial charge in [-0.15, -0.1) is 0 Å². The van der Waals surface area contributed by atoms with E-state index in [4.69, 9.17) is 16.0 Å². The van der Waals surface area contributed by atoms with Crippen molar-refractivity contribution in [1.82, 2.24) is 9.97 Å². The predicted octanol–water partition coefficient (Wildman–Crippen LogP) is 2.18. The molecule has 0 aromatic carbocycles. The molecule has 0 saturated heterocycles. The van der Waals surface area contributed by atoms with E-state index in [-0.39, 0.29) is 0 Å². The van der Waals surface area contributed by atoms with Crippen LogP contribution < -0.4 is 0 Å². The smallest absolute Gasteiger partial charge is 0.200 e. The maximum Gasteiger partial charge on any atom is 0.200 e. The fraction of sp³-hybridized carbons (Fsp3) is 0.143. The minimum Gasteiger partial charge on any atom is -0.439 e. The van der Waals surface area contributed by atoms with Crippen LogP contribution in [-0.4, -0.2) is 9.97 Å². The molecule has 0 fully saturated rings. The van der Waals surface area contributed by atoms with Gasteiger partial charge >= 0.3 is 0 Å². The molecule has 2 aromatic heterocycles. The molecule has 0 radical (unpaired) electrons. The summed E-state index contributed by atoms with van der Waals surface area (Å²) >= 11 is 5.64. The van der Waals surface area contributed by atoms with Crippen LogP contribution in [0.4, 0.5) is 0 Å². The first kappa shape index (κ1) is 6.61. The van der Waals surface area contributed by atoms with E-state index in [2.05, 4.69) is 9.97 Å². The molecule has 0 bridgehead atoms. The summed E-state index contributed by atoms with van der Waals surface area (Å²) in [6.07, 6.45) is 0. The summed E-state index contributed by atoms with van der Waals surface area (Å²) < 4.78 is 5.19. The standard InChI is InChI=1S/C7H5ClN2O/c1-4-9-7-5(11-4)2-3-6(8)10-7/h2-3H,1H3. The molecule has 11 heavy (non-hydrogen) atoms. The van der Waals surface area contributed by atoms with Crippen molar-refractivity contribution >= 4 is 22.8 Å². The van der Waals surface area contributed by atoms with Crippen LogP contribution in [0, 0.1) is 6.92 Å². The van der Waals surface area contributed by atoms with Crippen molar-refractivity contribution in [1.29, 1.82) is 0 Å². The summed E-state index contributed by atoms with van der Waals surface area (Å²) in [5.41, 5.74) is 1.24. The normalized spacial score (nSPS) is 10.7. The molecule has 0 N–H and O–H groups in total. The van der Waals surface area contributed by atoms with E-state index in [9.17, 15) is 0 Å². The molecule has 0 aliphatic heterocycles. The minimum absolute atomic E-state index is 0.436. The fourth-order valence-electron chi connectivity index (χ4n) is 0.903. The molecule has 0 atom stereocenters. The van der Waals surface area contributed by atoms with Crippen LogP contribution in [-0.2, 0) is 0 Å². The van der Waals surface area contributed by atoms with Gasteiger partial charge in [-0.25, -0.2) is 4.98 Å². The topological polar surface area (TPSA) is 38.9 Å². The average molecular weight is 169 g/mol. The van der Waals surface area contributed by atoms with Crippen LogP contribution in [0.1, 0.15) is 5.89 Å². The largest absolute Gasteiger partial charge is 0.439 e. The Labute approximate surface area is 68.0 Å². The zero-order valence-electron chi connectivity index (χ0n) is 5.84. The van der Waals surface area contributed by atoms with Crippen LogP contribution in [0.25, 0.3) is 11.2 Å². The third-order valence-electron chi connectivity index (χ3n) is 1.33. The van der Waals surface area contributed by atoms with Gasteiger partial charge in [0.05, 0.1) is 0 Å². The zero-order chi connectivity index (χ0) is 7.84. The highest BCUT2D eigenvalue weighted by Gasteiger charge is 2.02. The summed E-state index contributed by atoms with van der Waals surface area (Å²) in [4.78, 5) is 7.97. The minimum atomic E-state index is 0.436. The second kappa shape index (κ2) is 2.20. The maximum absolute atomic E-state index is 5.64. The van der Waals surface area contributed by atoms with Gasteiger partial charge in [0, 0.05) is 6.92 Å². The molecule has 0 aliphatic rings. The molecule has 0 aliphatic carbocycles. The second-order valence-electron chi connectivity index (χ2n) is 2.19. The number of nitrogens with zero attached hydrogens (tertiary/aromatic N) is 2. The van der Waals surface area contributed by atoms with E-state index >= 15 is 0 Å². The summed E-state index contributed by atoms with van der Waals surface area (Å²) in [6, 6.07) is 3.43. The maximum atomic E-state index is 5.64. The monoisotopic (exact) mass is 168 g/mol. The number of pyridine rings is 1. The van der Waals surface area contributed by atoms with Gasteiger partial charge in [0.25, 0.3) is 0 Å². The average Bonchev–Trinajstić information content (AvgIpc) is 2.27. The summed E-state index contributed by atoms with van der Waals surface area (Å²) in [7, 11) is 0. The Morgan fingerprint density at radius 1 is 1.36 bits per heavy atom. The zero-order valence-corrected chi connectivity index (χ0v) is 6.59. The van der Waals surface area contributed by atoms with E-state index in [0.717, 1.165) is 0 Å². The first-order chi connectivity index (χ1) is 5.25. The van der Waals surface area contributed by atoms with Crippen LogP contribution in [0.2, 0.25) is 5.15 Å². The SMILES string of the molecule is Cc1nc2nc(Cl)ccc2o1. The number of fused-ring (bicyclic) bond motifs is 1. The summed E-state index contributed by atoms with van der Waals surface area (Å²) in [5, 5.41) is 0.436. The van der Waals surface area contributed by atoms with Gasteiger partial charge in [-0.05, 0) is 12.1 Å². The van der Waals surface area contributed by atoms with Gasteiger partial charge in [0.15, 0.2) is 17.1 Å². The number of aryl methyl sites for hydroxylation is 1. The van der Waals surface area contributed by atoms with Crippen molar-refractivity contribution in [3.8, 4) is 0 Å². The van der Waals surface area contributed by atoms with E-state index in [0.29, 0.717) is 22.3 Å². The molecule has 0 unspecified atom stereocenters. The number of oxazole rings is 1. The lowest BCUT2D eigenvalue weighted by Gasteiger charge is -1.84. The Bertz CT molecular complexity index is 396. The van der Waals surface area contributed by atoms with Crippen molar-refractivity contribution in [2.75, 3.05) is 0 Å². The van der Waals surface area contributed by atoms with E-state index in [1.165, 1.54) is 0 Å². The number of hydrogen-bond donors (Lipinski definition) is 0. The third-order valence-corrected chi connectivity index (χ3v) is 1.54. The Morgan fingerprint density at radius 2 is 2.18 bits per heavy atom. The third kappa shape index (κ3) is 1.07. The Balaban J connectivity index is 2.82. The van der Waals surface area contributed by atoms with E-state index in [1.54, 1.807) is 19.1 Å². The molecule has 2 heterocycles. The highest BCUT2D eigenvalue weighted by atomic mass is 35.5. The van der Waals surface area contributed by atoms with Gasteiger partial charge in [-0.1, -0.05) is 11.6 Å². The Kier molecular flexibility index (Phi) is 1.32. The van der Waals surface area contributed by atoms with Crippen molar-refractivity contribution in [3.63, 3.8) is 0 Å². The van der Waals surface area contributed by atoms with Crippen molar-refractivity contribution in [2.45, 2.75) is 6.92 Å². The molecule has 0 saturated carbocycles. The lowest BCUT2D eigenvalue weighted by molar-refractivity contribution is 0.561. The predicted molar refractivity (Wildman–Crippen MR) is 41.6 cm³/mol. The molecule has 2 aromatic rings. The van der Waals surface area contributed by atoms with E-state index in [1.807, 2.05) is 0 Å². The van der Waals surface area contributed by atoms with Gasteiger partial charge in [0.2, 0.25) is 0 Å². The fourth-order valence-corrected chi connectivity index (χ4v) is 1.05. The number of hydrogen-bond acceptors (Lipinski definition) is 3. The van der Waals surface area contributed by atoms with E-state index < -0.39 is 0 Å². The first-order valence-corrected chi connectivity index (χ1v) is 3.53. The Morgan fingerprint density at radius 3 is 3.00 bits per heavy atom. The first-order valence-electron chi connectivity index (χ1n) is 3.15. The van der Waals surface area contributed by atoms with Gasteiger partial charge in [-0.2, -0.15) is 4.98 Å². The van der Waals surface area contributed by atoms with Crippen molar-refractivity contribution < 1.29 is 4.42 Å². The Hall–Kier alpha value is -1.09. The highest BCUT2D eigenvalue weighted by Crippen LogP contribution is 2.15. The number of rotatable bonds is 0. The number of aromatic nitrogens is 2. The highest BCUT2D eigenvalue weighted by molar-refractivity contribution is 6.29. The quantitative estimate of drug-likeness (QED) is 0.566. The number of halogens is 1. The molecule has 4 heteroatoms. The van der Waals surface area contributed by atoms with Crippen LogP contribution in [0.5, 0.6) is 0 Å². The van der Waals surface area contributed by atoms with Crippen molar-refractivity contribution in [3.05, 3.63) is 23.2 Å². The summed E-state index contributed by atoms with van der Waals surface area (Å²) in [6.45, 7) is 1.77.